The lowest BCUT2D eigenvalue weighted by Crippen LogP contribution is -2.38. The molecule has 0 aliphatic carbocycles. The van der Waals surface area contributed by atoms with Crippen LogP contribution in [0.1, 0.15) is 20.3 Å². The van der Waals surface area contributed by atoms with Crippen molar-refractivity contribution in [2.24, 2.45) is 5.92 Å². The Hall–Kier alpha value is -1.33. The van der Waals surface area contributed by atoms with E-state index in [2.05, 4.69) is 5.32 Å². The van der Waals surface area contributed by atoms with Crippen molar-refractivity contribution in [2.45, 2.75) is 26.4 Å². The molecule has 0 heterocycles. The number of amides is 1. The van der Waals surface area contributed by atoms with Gasteiger partial charge in [-0.1, -0.05) is 18.5 Å². The Kier molecular flexibility index (Phi) is 6.75. The summed E-state index contributed by atoms with van der Waals surface area (Å²) in [6, 6.07) is 3.73. The topological polar surface area (TPSA) is 58.6 Å². The molecule has 6 heteroatoms. The summed E-state index contributed by atoms with van der Waals surface area (Å²) in [6.45, 7) is 4.07. The Morgan fingerprint density at radius 2 is 2.20 bits per heavy atom. The molecule has 1 rings (SSSR count). The highest BCUT2D eigenvalue weighted by molar-refractivity contribution is 6.32. The van der Waals surface area contributed by atoms with Crippen LogP contribution in [-0.4, -0.2) is 30.3 Å². The van der Waals surface area contributed by atoms with Crippen molar-refractivity contribution in [1.82, 2.24) is 5.32 Å². The fraction of sp³-hybridized carbons (Fsp3) is 0.500. The SMILES string of the molecule is CC(CCO)CNC(=O)C(C)Oc1ccc(F)cc1Cl. The number of aliphatic hydroxyl groups excluding tert-OH is 1. The molecule has 0 fully saturated rings. The number of hydrogen-bond donors (Lipinski definition) is 2. The van der Waals surface area contributed by atoms with Crippen molar-refractivity contribution in [3.63, 3.8) is 0 Å². The zero-order chi connectivity index (χ0) is 15.1. The number of benzene rings is 1. The standard InChI is InChI=1S/C14H19ClFNO3/c1-9(5-6-18)8-17-14(19)10(2)20-13-4-3-11(16)7-12(13)15/h3-4,7,9-10,18H,5-6,8H2,1-2H3,(H,17,19). The highest BCUT2D eigenvalue weighted by Gasteiger charge is 2.16. The molecular formula is C14H19ClFNO3. The first kappa shape index (κ1) is 16.7. The number of rotatable bonds is 7. The maximum Gasteiger partial charge on any atom is 0.260 e. The average molecular weight is 304 g/mol. The van der Waals surface area contributed by atoms with Gasteiger partial charge in [-0.15, -0.1) is 0 Å². The normalized spacial score (nSPS) is 13.7. The summed E-state index contributed by atoms with van der Waals surface area (Å²) in [5.41, 5.74) is 0. The third-order valence-electron chi connectivity index (χ3n) is 2.81. The van der Waals surface area contributed by atoms with Crippen LogP contribution in [0.25, 0.3) is 0 Å². The van der Waals surface area contributed by atoms with Crippen molar-refractivity contribution in [2.75, 3.05) is 13.2 Å². The van der Waals surface area contributed by atoms with Crippen LogP contribution in [0.4, 0.5) is 4.39 Å². The number of carbonyl (C=O) groups excluding carboxylic acids is 1. The Morgan fingerprint density at radius 3 is 2.80 bits per heavy atom. The summed E-state index contributed by atoms with van der Waals surface area (Å²) in [5.74, 6) is -0.294. The van der Waals surface area contributed by atoms with Gasteiger partial charge in [0, 0.05) is 13.2 Å². The first-order valence-electron chi connectivity index (χ1n) is 6.44. The van der Waals surface area contributed by atoms with Gasteiger partial charge in [-0.2, -0.15) is 0 Å². The summed E-state index contributed by atoms with van der Waals surface area (Å²) in [6.07, 6.45) is -0.112. The molecule has 0 radical (unpaired) electrons. The predicted octanol–water partition coefficient (Wildman–Crippen LogP) is 2.38. The second-order valence-corrected chi connectivity index (χ2v) is 5.10. The van der Waals surface area contributed by atoms with Gasteiger partial charge in [0.15, 0.2) is 6.10 Å². The largest absolute Gasteiger partial charge is 0.479 e. The minimum absolute atomic E-state index is 0.0915. The van der Waals surface area contributed by atoms with Crippen LogP contribution >= 0.6 is 11.6 Å². The highest BCUT2D eigenvalue weighted by atomic mass is 35.5. The lowest BCUT2D eigenvalue weighted by Gasteiger charge is -2.17. The van der Waals surface area contributed by atoms with Gasteiger partial charge >= 0.3 is 0 Å². The molecule has 4 nitrogen and oxygen atoms in total. The molecule has 0 spiro atoms. The fourth-order valence-electron chi connectivity index (χ4n) is 1.56. The molecule has 2 N–H and O–H groups in total. The molecule has 1 amide bonds. The second-order valence-electron chi connectivity index (χ2n) is 4.70. The smallest absolute Gasteiger partial charge is 0.260 e. The number of nitrogens with one attached hydrogen (secondary N) is 1. The summed E-state index contributed by atoms with van der Waals surface area (Å²) in [4.78, 5) is 11.8. The third-order valence-corrected chi connectivity index (χ3v) is 3.11. The molecule has 112 valence electrons. The first-order valence-corrected chi connectivity index (χ1v) is 6.82. The molecular weight excluding hydrogens is 285 g/mol. The number of ether oxygens (including phenoxy) is 1. The van der Waals surface area contributed by atoms with E-state index < -0.39 is 11.9 Å². The van der Waals surface area contributed by atoms with Gasteiger partial charge in [-0.25, -0.2) is 4.39 Å². The third kappa shape index (κ3) is 5.35. The zero-order valence-corrected chi connectivity index (χ0v) is 12.3. The number of hydrogen-bond acceptors (Lipinski definition) is 3. The summed E-state index contributed by atoms with van der Waals surface area (Å²) in [5, 5.41) is 11.6. The minimum atomic E-state index is -0.737. The van der Waals surface area contributed by atoms with Gasteiger partial charge in [0.05, 0.1) is 5.02 Å². The van der Waals surface area contributed by atoms with Crippen LogP contribution in [0, 0.1) is 11.7 Å². The Balaban J connectivity index is 2.49. The van der Waals surface area contributed by atoms with Crippen molar-refractivity contribution in [3.05, 3.63) is 29.0 Å². The minimum Gasteiger partial charge on any atom is -0.479 e. The Labute approximate surface area is 122 Å². The van der Waals surface area contributed by atoms with E-state index in [0.717, 1.165) is 6.07 Å². The monoisotopic (exact) mass is 303 g/mol. The van der Waals surface area contributed by atoms with E-state index in [9.17, 15) is 9.18 Å². The van der Waals surface area contributed by atoms with Gasteiger partial charge in [0.2, 0.25) is 0 Å². The maximum absolute atomic E-state index is 12.9. The number of halogens is 2. The molecule has 1 aromatic rings. The molecule has 0 saturated carbocycles. The molecule has 2 atom stereocenters. The molecule has 0 aromatic heterocycles. The molecule has 0 bridgehead atoms. The molecule has 0 aliphatic rings. The van der Waals surface area contributed by atoms with Gasteiger partial charge < -0.3 is 15.2 Å². The summed E-state index contributed by atoms with van der Waals surface area (Å²) >= 11 is 5.82. The first-order chi connectivity index (χ1) is 9.43. The van der Waals surface area contributed by atoms with Crippen molar-refractivity contribution >= 4 is 17.5 Å². The van der Waals surface area contributed by atoms with E-state index in [1.54, 1.807) is 6.92 Å². The van der Waals surface area contributed by atoms with Gasteiger partial charge in [-0.05, 0) is 37.5 Å². The molecule has 0 saturated heterocycles. The van der Waals surface area contributed by atoms with Crippen LogP contribution in [0.5, 0.6) is 5.75 Å². The summed E-state index contributed by atoms with van der Waals surface area (Å²) < 4.78 is 18.3. The van der Waals surface area contributed by atoms with E-state index in [-0.39, 0.29) is 29.2 Å². The van der Waals surface area contributed by atoms with Crippen LogP contribution in [-0.2, 0) is 4.79 Å². The van der Waals surface area contributed by atoms with Gasteiger partial charge in [-0.3, -0.25) is 4.79 Å². The van der Waals surface area contributed by atoms with Gasteiger partial charge in [0.25, 0.3) is 5.91 Å². The van der Waals surface area contributed by atoms with E-state index in [0.29, 0.717) is 13.0 Å². The number of carbonyl (C=O) groups is 1. The molecule has 1 aromatic carbocycles. The van der Waals surface area contributed by atoms with E-state index in [1.165, 1.54) is 12.1 Å². The quantitative estimate of drug-likeness (QED) is 0.813. The lowest BCUT2D eigenvalue weighted by atomic mass is 10.1. The van der Waals surface area contributed by atoms with E-state index >= 15 is 0 Å². The fourth-order valence-corrected chi connectivity index (χ4v) is 1.77. The maximum atomic E-state index is 12.9. The summed E-state index contributed by atoms with van der Waals surface area (Å²) in [7, 11) is 0. The van der Waals surface area contributed by atoms with Crippen molar-refractivity contribution in [1.29, 1.82) is 0 Å². The lowest BCUT2D eigenvalue weighted by molar-refractivity contribution is -0.127. The van der Waals surface area contributed by atoms with E-state index in [4.69, 9.17) is 21.4 Å². The van der Waals surface area contributed by atoms with E-state index in [1.807, 2.05) is 6.92 Å². The highest BCUT2D eigenvalue weighted by Crippen LogP contribution is 2.25. The average Bonchev–Trinajstić information content (AvgIpc) is 2.39. The Bertz CT molecular complexity index is 456. The predicted molar refractivity (Wildman–Crippen MR) is 75.4 cm³/mol. The van der Waals surface area contributed by atoms with Crippen LogP contribution in [0.15, 0.2) is 18.2 Å². The van der Waals surface area contributed by atoms with Gasteiger partial charge in [0.1, 0.15) is 11.6 Å². The number of aliphatic hydroxyl groups is 1. The molecule has 2 unspecified atom stereocenters. The van der Waals surface area contributed by atoms with Crippen LogP contribution < -0.4 is 10.1 Å². The van der Waals surface area contributed by atoms with Crippen molar-refractivity contribution in [3.8, 4) is 5.75 Å². The Morgan fingerprint density at radius 1 is 1.50 bits per heavy atom. The second kappa shape index (κ2) is 8.07. The molecule has 20 heavy (non-hydrogen) atoms. The van der Waals surface area contributed by atoms with Crippen LogP contribution in [0.3, 0.4) is 0 Å². The van der Waals surface area contributed by atoms with Crippen molar-refractivity contribution < 1.29 is 19.0 Å². The van der Waals surface area contributed by atoms with Crippen LogP contribution in [0.2, 0.25) is 5.02 Å². The zero-order valence-electron chi connectivity index (χ0n) is 11.5. The molecule has 0 aliphatic heterocycles.